The van der Waals surface area contributed by atoms with Crippen molar-refractivity contribution in [2.24, 2.45) is 0 Å². The molecule has 0 bridgehead atoms. The molecule has 0 radical (unpaired) electrons. The average molecular weight is 440 g/mol. The van der Waals surface area contributed by atoms with Crippen LogP contribution in [0.4, 0.5) is 20.6 Å². The van der Waals surface area contributed by atoms with E-state index < -0.39 is 16.1 Å². The first-order valence-corrected chi connectivity index (χ1v) is 11.3. The number of aryl methyl sites for hydroxylation is 1. The number of sulfonamides is 1. The lowest BCUT2D eigenvalue weighted by atomic mass is 10.1. The van der Waals surface area contributed by atoms with E-state index in [1.54, 1.807) is 54.6 Å². The third-order valence-corrected chi connectivity index (χ3v) is 6.99. The fraction of sp³-hybridized carbons (Fsp3) is 0.174. The summed E-state index contributed by atoms with van der Waals surface area (Å²) in [6.45, 7) is 2.53. The Kier molecular flexibility index (Phi) is 5.65. The molecule has 31 heavy (non-hydrogen) atoms. The van der Waals surface area contributed by atoms with Crippen LogP contribution >= 0.6 is 0 Å². The Morgan fingerprint density at radius 3 is 2.45 bits per heavy atom. The molecular formula is C23H22FN3O3S. The zero-order valence-electron chi connectivity index (χ0n) is 16.9. The minimum Gasteiger partial charge on any atom is -0.334 e. The Balaban J connectivity index is 1.44. The van der Waals surface area contributed by atoms with Crippen molar-refractivity contribution < 1.29 is 17.6 Å². The number of anilines is 2. The number of benzene rings is 3. The number of nitrogens with one attached hydrogen (secondary N) is 2. The molecule has 2 amide bonds. The number of nitrogens with zero attached hydrogens (tertiary/aromatic N) is 1. The van der Waals surface area contributed by atoms with Crippen molar-refractivity contribution in [2.75, 3.05) is 16.2 Å². The van der Waals surface area contributed by atoms with Crippen LogP contribution in [-0.2, 0) is 23.0 Å². The van der Waals surface area contributed by atoms with E-state index in [2.05, 4.69) is 10.6 Å². The highest BCUT2D eigenvalue weighted by atomic mass is 32.2. The summed E-state index contributed by atoms with van der Waals surface area (Å²) in [7, 11) is -3.64. The number of rotatable bonds is 5. The molecule has 1 aliphatic rings. The van der Waals surface area contributed by atoms with E-state index in [0.29, 0.717) is 24.3 Å². The zero-order chi connectivity index (χ0) is 22.0. The molecular weight excluding hydrogens is 417 g/mol. The molecule has 0 aromatic heterocycles. The van der Waals surface area contributed by atoms with Gasteiger partial charge in [-0.05, 0) is 66.9 Å². The molecule has 0 atom stereocenters. The number of carbonyl (C=O) groups is 1. The van der Waals surface area contributed by atoms with E-state index in [1.807, 2.05) is 6.92 Å². The normalized spacial score (nSPS) is 13.0. The van der Waals surface area contributed by atoms with Gasteiger partial charge in [0.2, 0.25) is 0 Å². The maximum atomic E-state index is 13.0. The molecule has 0 fully saturated rings. The van der Waals surface area contributed by atoms with E-state index in [9.17, 15) is 17.6 Å². The van der Waals surface area contributed by atoms with Gasteiger partial charge in [0.1, 0.15) is 5.82 Å². The zero-order valence-corrected chi connectivity index (χ0v) is 17.7. The Hall–Kier alpha value is -3.39. The van der Waals surface area contributed by atoms with Crippen LogP contribution in [0.3, 0.4) is 0 Å². The van der Waals surface area contributed by atoms with Crippen LogP contribution in [0.5, 0.6) is 0 Å². The van der Waals surface area contributed by atoms with Gasteiger partial charge in [0.25, 0.3) is 10.0 Å². The maximum absolute atomic E-state index is 13.0. The third kappa shape index (κ3) is 4.54. The van der Waals surface area contributed by atoms with Gasteiger partial charge < -0.3 is 10.6 Å². The second-order valence-electron chi connectivity index (χ2n) is 7.42. The van der Waals surface area contributed by atoms with Crippen LogP contribution in [0.2, 0.25) is 0 Å². The number of carbonyl (C=O) groups excluding carboxylic acids is 1. The van der Waals surface area contributed by atoms with Gasteiger partial charge in [0, 0.05) is 18.8 Å². The summed E-state index contributed by atoms with van der Waals surface area (Å²) >= 11 is 0. The highest BCUT2D eigenvalue weighted by Crippen LogP contribution is 2.34. The summed E-state index contributed by atoms with van der Waals surface area (Å²) in [6.07, 6.45) is 0.563. The van der Waals surface area contributed by atoms with Crippen molar-refractivity contribution in [2.45, 2.75) is 24.8 Å². The van der Waals surface area contributed by atoms with E-state index in [1.165, 1.54) is 16.4 Å². The molecule has 1 aliphatic heterocycles. The quantitative estimate of drug-likeness (QED) is 0.625. The van der Waals surface area contributed by atoms with E-state index in [0.717, 1.165) is 16.7 Å². The highest BCUT2D eigenvalue weighted by Gasteiger charge is 2.31. The lowest BCUT2D eigenvalue weighted by Gasteiger charge is -2.20. The summed E-state index contributed by atoms with van der Waals surface area (Å²) in [5, 5.41) is 5.47. The summed E-state index contributed by atoms with van der Waals surface area (Å²) in [4.78, 5) is 12.4. The number of hydrogen-bond acceptors (Lipinski definition) is 3. The first-order chi connectivity index (χ1) is 14.8. The van der Waals surface area contributed by atoms with Crippen LogP contribution < -0.4 is 14.9 Å². The van der Waals surface area contributed by atoms with Crippen molar-refractivity contribution in [3.8, 4) is 0 Å². The molecule has 3 aromatic carbocycles. The second kappa shape index (κ2) is 8.39. The fourth-order valence-electron chi connectivity index (χ4n) is 3.50. The molecule has 8 heteroatoms. The summed E-state index contributed by atoms with van der Waals surface area (Å²) in [6, 6.07) is 17.5. The summed E-state index contributed by atoms with van der Waals surface area (Å²) in [5.74, 6) is -0.329. The van der Waals surface area contributed by atoms with Gasteiger partial charge in [-0.1, -0.05) is 29.8 Å². The minimum absolute atomic E-state index is 0.258. The topological polar surface area (TPSA) is 78.5 Å². The molecule has 6 nitrogen and oxygen atoms in total. The Bertz CT molecular complexity index is 1210. The average Bonchev–Trinajstić information content (AvgIpc) is 3.18. The maximum Gasteiger partial charge on any atom is 0.319 e. The van der Waals surface area contributed by atoms with Crippen molar-refractivity contribution >= 4 is 27.4 Å². The van der Waals surface area contributed by atoms with Crippen molar-refractivity contribution in [3.05, 3.63) is 89.2 Å². The molecule has 0 unspecified atom stereocenters. The molecule has 160 valence electrons. The van der Waals surface area contributed by atoms with Crippen molar-refractivity contribution in [1.29, 1.82) is 0 Å². The monoisotopic (exact) mass is 439 g/mol. The first kappa shape index (κ1) is 20.9. The Morgan fingerprint density at radius 1 is 1.03 bits per heavy atom. The number of fused-ring (bicyclic) bond motifs is 1. The standard InChI is InChI=1S/C23H22FN3O3S/c1-16-2-9-21(10-3-16)31(29,30)27-13-12-18-14-20(8-11-22(18)27)26-23(28)25-15-17-4-6-19(24)7-5-17/h2-11,14H,12-13,15H2,1H3,(H2,25,26,28). The molecule has 0 saturated carbocycles. The Morgan fingerprint density at radius 2 is 1.74 bits per heavy atom. The van der Waals surface area contributed by atoms with Crippen LogP contribution in [-0.4, -0.2) is 21.0 Å². The van der Waals surface area contributed by atoms with Crippen LogP contribution in [0.15, 0.2) is 71.6 Å². The second-order valence-corrected chi connectivity index (χ2v) is 9.28. The van der Waals surface area contributed by atoms with Crippen molar-refractivity contribution in [3.63, 3.8) is 0 Å². The molecule has 1 heterocycles. The molecule has 2 N–H and O–H groups in total. The SMILES string of the molecule is Cc1ccc(S(=O)(=O)N2CCc3cc(NC(=O)NCc4ccc(F)cc4)ccc32)cc1. The largest absolute Gasteiger partial charge is 0.334 e. The summed E-state index contributed by atoms with van der Waals surface area (Å²) < 4.78 is 40.4. The first-order valence-electron chi connectivity index (χ1n) is 9.84. The van der Waals surface area contributed by atoms with Gasteiger partial charge in [-0.2, -0.15) is 0 Å². The Labute approximate surface area is 180 Å². The van der Waals surface area contributed by atoms with Gasteiger partial charge in [0.15, 0.2) is 0 Å². The van der Waals surface area contributed by atoms with Gasteiger partial charge in [-0.15, -0.1) is 0 Å². The van der Waals surface area contributed by atoms with E-state index in [4.69, 9.17) is 0 Å². The van der Waals surface area contributed by atoms with Crippen LogP contribution in [0, 0.1) is 12.7 Å². The molecule has 3 aromatic rings. The van der Waals surface area contributed by atoms with Gasteiger partial charge in [0.05, 0.1) is 10.6 Å². The van der Waals surface area contributed by atoms with Crippen LogP contribution in [0.1, 0.15) is 16.7 Å². The number of halogens is 1. The molecule has 4 rings (SSSR count). The van der Waals surface area contributed by atoms with Gasteiger partial charge in [-0.3, -0.25) is 4.31 Å². The van der Waals surface area contributed by atoms with Gasteiger partial charge in [-0.25, -0.2) is 17.6 Å². The molecule has 0 spiro atoms. The molecule has 0 aliphatic carbocycles. The minimum atomic E-state index is -3.64. The molecule has 0 saturated heterocycles. The van der Waals surface area contributed by atoms with Crippen molar-refractivity contribution in [1.82, 2.24) is 5.32 Å². The highest BCUT2D eigenvalue weighted by molar-refractivity contribution is 7.92. The lowest BCUT2D eigenvalue weighted by molar-refractivity contribution is 0.251. The van der Waals surface area contributed by atoms with Crippen LogP contribution in [0.25, 0.3) is 0 Å². The number of hydrogen-bond donors (Lipinski definition) is 2. The predicted molar refractivity (Wildman–Crippen MR) is 118 cm³/mol. The van der Waals surface area contributed by atoms with E-state index in [-0.39, 0.29) is 17.3 Å². The third-order valence-electron chi connectivity index (χ3n) is 5.17. The van der Waals surface area contributed by atoms with E-state index >= 15 is 0 Å². The van der Waals surface area contributed by atoms with Gasteiger partial charge >= 0.3 is 6.03 Å². The summed E-state index contributed by atoms with van der Waals surface area (Å²) in [5.41, 5.74) is 3.83. The number of amides is 2. The smallest absolute Gasteiger partial charge is 0.319 e. The fourth-order valence-corrected chi connectivity index (χ4v) is 5.00. The lowest BCUT2D eigenvalue weighted by Crippen LogP contribution is -2.29. The predicted octanol–water partition coefficient (Wildman–Crippen LogP) is 4.21. The number of urea groups is 1.